The Morgan fingerprint density at radius 1 is 1.29 bits per heavy atom. The zero-order chi connectivity index (χ0) is 17.2. The highest BCUT2D eigenvalue weighted by molar-refractivity contribution is 7.14. The summed E-state index contributed by atoms with van der Waals surface area (Å²) >= 11 is 7.30. The summed E-state index contributed by atoms with van der Waals surface area (Å²) in [7, 11) is 0. The summed E-state index contributed by atoms with van der Waals surface area (Å²) in [5.74, 6) is 6.11. The second kappa shape index (κ2) is 6.96. The van der Waals surface area contributed by atoms with Crippen molar-refractivity contribution in [3.8, 4) is 11.8 Å². The number of hydrogen-bond acceptors (Lipinski definition) is 3. The van der Waals surface area contributed by atoms with Gasteiger partial charge >= 0.3 is 0 Å². The first kappa shape index (κ1) is 17.0. The highest BCUT2D eigenvalue weighted by Crippen LogP contribution is 2.30. The van der Waals surface area contributed by atoms with E-state index in [0.717, 1.165) is 31.5 Å². The number of thiazole rings is 1. The maximum absolute atomic E-state index is 12.6. The molecule has 0 saturated carbocycles. The first-order valence-corrected chi connectivity index (χ1v) is 9.15. The van der Waals surface area contributed by atoms with Crippen LogP contribution in [0.25, 0.3) is 0 Å². The molecule has 0 N–H and O–H groups in total. The van der Waals surface area contributed by atoms with Crippen molar-refractivity contribution >= 4 is 28.8 Å². The van der Waals surface area contributed by atoms with Crippen LogP contribution in [0.15, 0.2) is 30.5 Å². The smallest absolute Gasteiger partial charge is 0.265 e. The lowest BCUT2D eigenvalue weighted by Gasteiger charge is -2.36. The van der Waals surface area contributed by atoms with Crippen molar-refractivity contribution in [3.05, 3.63) is 50.9 Å². The van der Waals surface area contributed by atoms with Gasteiger partial charge in [-0.3, -0.25) is 4.79 Å². The standard InChI is InChI=1S/C19H19ClN2OS/c1-19(2)8-10-22(11-9-19)18(23)16-13-21-17(24-16)7-6-14-4-3-5-15(20)12-14/h3-5,12-13H,8-11H2,1-2H3. The number of carbonyl (C=O) groups excluding carboxylic acids is 1. The fourth-order valence-corrected chi connectivity index (χ4v) is 3.52. The minimum absolute atomic E-state index is 0.0683. The molecule has 0 unspecified atom stereocenters. The van der Waals surface area contributed by atoms with Crippen LogP contribution in [0.2, 0.25) is 5.02 Å². The summed E-state index contributed by atoms with van der Waals surface area (Å²) in [5.41, 5.74) is 1.17. The maximum atomic E-state index is 12.6. The molecule has 2 heterocycles. The average Bonchev–Trinajstić information content (AvgIpc) is 3.01. The number of rotatable bonds is 1. The molecular weight excluding hydrogens is 340 g/mol. The number of carbonyl (C=O) groups is 1. The minimum atomic E-state index is 0.0683. The lowest BCUT2D eigenvalue weighted by molar-refractivity contribution is 0.0635. The fourth-order valence-electron chi connectivity index (χ4n) is 2.59. The molecule has 5 heteroatoms. The average molecular weight is 359 g/mol. The van der Waals surface area contributed by atoms with Crippen LogP contribution in [0.5, 0.6) is 0 Å². The van der Waals surface area contributed by atoms with Gasteiger partial charge in [-0.2, -0.15) is 0 Å². The van der Waals surface area contributed by atoms with Gasteiger partial charge < -0.3 is 4.90 Å². The number of halogens is 1. The molecular formula is C19H19ClN2OS. The van der Waals surface area contributed by atoms with Crippen molar-refractivity contribution < 1.29 is 4.79 Å². The molecule has 0 radical (unpaired) electrons. The second-order valence-electron chi connectivity index (χ2n) is 6.75. The highest BCUT2D eigenvalue weighted by Gasteiger charge is 2.28. The first-order chi connectivity index (χ1) is 11.4. The van der Waals surface area contributed by atoms with Gasteiger partial charge in [0.2, 0.25) is 0 Å². The number of benzene rings is 1. The van der Waals surface area contributed by atoms with E-state index in [-0.39, 0.29) is 5.91 Å². The molecule has 0 atom stereocenters. The number of nitrogens with zero attached hydrogens (tertiary/aromatic N) is 2. The molecule has 1 amide bonds. The predicted molar refractivity (Wildman–Crippen MR) is 98.5 cm³/mol. The first-order valence-electron chi connectivity index (χ1n) is 7.96. The Kier molecular flexibility index (Phi) is 4.93. The summed E-state index contributed by atoms with van der Waals surface area (Å²) in [6, 6.07) is 7.38. The molecule has 2 aromatic rings. The van der Waals surface area contributed by atoms with Crippen LogP contribution in [-0.2, 0) is 0 Å². The quantitative estimate of drug-likeness (QED) is 0.705. The van der Waals surface area contributed by atoms with Crippen molar-refractivity contribution in [1.29, 1.82) is 0 Å². The monoisotopic (exact) mass is 358 g/mol. The van der Waals surface area contributed by atoms with E-state index < -0.39 is 0 Å². The summed E-state index contributed by atoms with van der Waals surface area (Å²) in [6.07, 6.45) is 3.71. The lowest BCUT2D eigenvalue weighted by atomic mass is 9.82. The molecule has 24 heavy (non-hydrogen) atoms. The summed E-state index contributed by atoms with van der Waals surface area (Å²) in [4.78, 5) is 19.4. The normalized spacial score (nSPS) is 16.4. The van der Waals surface area contributed by atoms with E-state index in [1.165, 1.54) is 11.3 Å². The molecule has 3 nitrogen and oxygen atoms in total. The molecule has 1 fully saturated rings. The van der Waals surface area contributed by atoms with Gasteiger partial charge in [-0.15, -0.1) is 11.3 Å². The molecule has 1 aliphatic rings. The maximum Gasteiger partial charge on any atom is 0.265 e. The Morgan fingerprint density at radius 2 is 2.04 bits per heavy atom. The van der Waals surface area contributed by atoms with Gasteiger partial charge in [0.25, 0.3) is 5.91 Å². The molecule has 1 aliphatic heterocycles. The lowest BCUT2D eigenvalue weighted by Crippen LogP contribution is -2.40. The summed E-state index contributed by atoms with van der Waals surface area (Å²) < 4.78 is 0. The summed E-state index contributed by atoms with van der Waals surface area (Å²) in [5, 5.41) is 1.31. The molecule has 0 spiro atoms. The third-order valence-corrected chi connectivity index (χ3v) is 5.39. The molecule has 0 bridgehead atoms. The molecule has 1 aromatic carbocycles. The molecule has 3 rings (SSSR count). The Hall–Kier alpha value is -1.83. The third-order valence-electron chi connectivity index (χ3n) is 4.26. The van der Waals surface area contributed by atoms with Gasteiger partial charge in [0.05, 0.1) is 6.20 Å². The van der Waals surface area contributed by atoms with E-state index in [0.29, 0.717) is 20.3 Å². The van der Waals surface area contributed by atoms with E-state index in [1.54, 1.807) is 6.20 Å². The molecule has 0 aliphatic carbocycles. The molecule has 124 valence electrons. The number of aromatic nitrogens is 1. The zero-order valence-corrected chi connectivity index (χ0v) is 15.4. The van der Waals surface area contributed by atoms with Gasteiger partial charge in [0, 0.05) is 23.7 Å². The van der Waals surface area contributed by atoms with E-state index in [1.807, 2.05) is 29.2 Å². The predicted octanol–water partition coefficient (Wildman–Crippen LogP) is 4.46. The number of amides is 1. The number of likely N-dealkylation sites (tertiary alicyclic amines) is 1. The summed E-state index contributed by atoms with van der Waals surface area (Å²) in [6.45, 7) is 6.14. The van der Waals surface area contributed by atoms with Gasteiger partial charge in [0.15, 0.2) is 5.01 Å². The van der Waals surface area contributed by atoms with Crippen LogP contribution < -0.4 is 0 Å². The SMILES string of the molecule is CC1(C)CCN(C(=O)c2cnc(C#Cc3cccc(Cl)c3)s2)CC1. The van der Waals surface area contributed by atoms with Crippen LogP contribution >= 0.6 is 22.9 Å². The molecule has 1 saturated heterocycles. The van der Waals surface area contributed by atoms with Crippen molar-refractivity contribution in [3.63, 3.8) is 0 Å². The van der Waals surface area contributed by atoms with Crippen molar-refractivity contribution in [2.75, 3.05) is 13.1 Å². The topological polar surface area (TPSA) is 33.2 Å². The van der Waals surface area contributed by atoms with Gasteiger partial charge in [-0.25, -0.2) is 4.98 Å². The van der Waals surface area contributed by atoms with Crippen molar-refractivity contribution in [2.24, 2.45) is 5.41 Å². The van der Waals surface area contributed by atoms with Crippen LogP contribution in [-0.4, -0.2) is 28.9 Å². The van der Waals surface area contributed by atoms with Gasteiger partial charge in [-0.05, 0) is 42.4 Å². The third kappa shape index (κ3) is 4.17. The van der Waals surface area contributed by atoms with Gasteiger partial charge in [-0.1, -0.05) is 37.4 Å². The van der Waals surface area contributed by atoms with E-state index in [9.17, 15) is 4.79 Å². The van der Waals surface area contributed by atoms with Crippen LogP contribution in [0.1, 0.15) is 46.9 Å². The van der Waals surface area contributed by atoms with Crippen molar-refractivity contribution in [2.45, 2.75) is 26.7 Å². The Bertz CT molecular complexity index is 806. The van der Waals surface area contributed by atoms with Gasteiger partial charge in [0.1, 0.15) is 4.88 Å². The number of hydrogen-bond donors (Lipinski definition) is 0. The minimum Gasteiger partial charge on any atom is -0.338 e. The van der Waals surface area contributed by atoms with E-state index >= 15 is 0 Å². The highest BCUT2D eigenvalue weighted by atomic mass is 35.5. The molecule has 1 aromatic heterocycles. The van der Waals surface area contributed by atoms with Crippen LogP contribution in [0.4, 0.5) is 0 Å². The van der Waals surface area contributed by atoms with Crippen LogP contribution in [0, 0.1) is 17.3 Å². The fraction of sp³-hybridized carbons (Fsp3) is 0.368. The van der Waals surface area contributed by atoms with Crippen LogP contribution in [0.3, 0.4) is 0 Å². The largest absolute Gasteiger partial charge is 0.338 e. The Balaban J connectivity index is 1.69. The van der Waals surface area contributed by atoms with Crippen molar-refractivity contribution in [1.82, 2.24) is 9.88 Å². The second-order valence-corrected chi connectivity index (χ2v) is 8.21. The van der Waals surface area contributed by atoms with E-state index in [4.69, 9.17) is 11.6 Å². The Morgan fingerprint density at radius 3 is 2.75 bits per heavy atom. The zero-order valence-electron chi connectivity index (χ0n) is 13.8. The van der Waals surface area contributed by atoms with E-state index in [2.05, 4.69) is 30.7 Å². The Labute approximate surface area is 151 Å². The number of piperidine rings is 1.